The number of halogens is 1. The number of hydrogen-bond acceptors (Lipinski definition) is 5. The minimum atomic E-state index is -1.34. The number of aryl methyl sites for hydroxylation is 1. The van der Waals surface area contributed by atoms with Crippen LogP contribution in [0, 0.1) is 12.3 Å². The highest BCUT2D eigenvalue weighted by Crippen LogP contribution is 2.32. The number of nitrogens with zero attached hydrogens (tertiary/aromatic N) is 1. The van der Waals surface area contributed by atoms with Crippen LogP contribution in [0.2, 0.25) is 5.15 Å². The highest BCUT2D eigenvalue weighted by Gasteiger charge is 2.32. The second-order valence-corrected chi connectivity index (χ2v) is 7.98. The molecule has 1 aromatic rings. The molecular formula is C17H23ClN2O5. The number of nitrogens with one attached hydrogen (secondary N) is 1. The summed E-state index contributed by atoms with van der Waals surface area (Å²) in [5.41, 5.74) is -2.36. The maximum atomic E-state index is 12.5. The van der Waals surface area contributed by atoms with Crippen molar-refractivity contribution in [3.05, 3.63) is 22.0 Å². The Hall–Kier alpha value is -2.15. The van der Waals surface area contributed by atoms with Gasteiger partial charge in [0.05, 0.1) is 11.4 Å². The van der Waals surface area contributed by atoms with E-state index in [2.05, 4.69) is 10.3 Å². The van der Waals surface area contributed by atoms with E-state index in [9.17, 15) is 19.5 Å². The van der Waals surface area contributed by atoms with Crippen molar-refractivity contribution >= 4 is 35.1 Å². The molecular weight excluding hydrogens is 348 g/mol. The largest absolute Gasteiger partial charge is 0.478 e. The third-order valence-corrected chi connectivity index (χ3v) is 3.34. The van der Waals surface area contributed by atoms with E-state index >= 15 is 0 Å². The molecule has 138 valence electrons. The first kappa shape index (κ1) is 20.9. The number of aromatic nitrogens is 1. The Morgan fingerprint density at radius 2 is 1.60 bits per heavy atom. The lowest BCUT2D eigenvalue weighted by Crippen LogP contribution is -2.31. The summed E-state index contributed by atoms with van der Waals surface area (Å²) in [4.78, 5) is 40.5. The van der Waals surface area contributed by atoms with Crippen LogP contribution in [0.5, 0.6) is 0 Å². The zero-order valence-corrected chi connectivity index (χ0v) is 16.2. The fraction of sp³-hybridized carbons (Fsp3) is 0.529. The number of carbonyl (C=O) groups is 3. The Balaban J connectivity index is 3.64. The standard InChI is InChI=1S/C17H23ClN2O5/c1-8-9(13(21)22)11(20-15(24)16(2,3)4)10(12(18)19-8)14(23)25-17(5,6)7/h1-7H3,(H,21,22)(H,19,20,24). The lowest BCUT2D eigenvalue weighted by molar-refractivity contribution is -0.123. The summed E-state index contributed by atoms with van der Waals surface area (Å²) in [5.74, 6) is -2.67. The maximum absolute atomic E-state index is 12.5. The molecule has 0 aliphatic rings. The summed E-state index contributed by atoms with van der Waals surface area (Å²) in [7, 11) is 0. The van der Waals surface area contributed by atoms with Crippen molar-refractivity contribution in [1.82, 2.24) is 4.98 Å². The normalized spacial score (nSPS) is 11.8. The quantitative estimate of drug-likeness (QED) is 0.621. The molecule has 0 radical (unpaired) electrons. The SMILES string of the molecule is Cc1nc(Cl)c(C(=O)OC(C)(C)C)c(NC(=O)C(C)(C)C)c1C(=O)O. The van der Waals surface area contributed by atoms with Gasteiger partial charge in [-0.25, -0.2) is 14.6 Å². The molecule has 0 aromatic carbocycles. The zero-order valence-electron chi connectivity index (χ0n) is 15.4. The topological polar surface area (TPSA) is 106 Å². The van der Waals surface area contributed by atoms with Crippen molar-refractivity contribution in [2.75, 3.05) is 5.32 Å². The molecule has 2 N–H and O–H groups in total. The van der Waals surface area contributed by atoms with E-state index in [1.54, 1.807) is 41.5 Å². The van der Waals surface area contributed by atoms with Gasteiger partial charge in [0, 0.05) is 5.41 Å². The number of anilines is 1. The van der Waals surface area contributed by atoms with Crippen LogP contribution >= 0.6 is 11.6 Å². The van der Waals surface area contributed by atoms with Gasteiger partial charge in [-0.15, -0.1) is 0 Å². The smallest absolute Gasteiger partial charge is 0.343 e. The highest BCUT2D eigenvalue weighted by atomic mass is 35.5. The first-order chi connectivity index (χ1) is 11.1. The van der Waals surface area contributed by atoms with Crippen molar-refractivity contribution in [2.45, 2.75) is 54.1 Å². The molecule has 0 saturated carbocycles. The van der Waals surface area contributed by atoms with E-state index in [0.717, 1.165) is 0 Å². The molecule has 0 atom stereocenters. The van der Waals surface area contributed by atoms with Gasteiger partial charge in [-0.05, 0) is 27.7 Å². The Labute approximate surface area is 151 Å². The molecule has 1 amide bonds. The van der Waals surface area contributed by atoms with Crippen LogP contribution in [0.15, 0.2) is 0 Å². The van der Waals surface area contributed by atoms with Gasteiger partial charge in [-0.3, -0.25) is 4.79 Å². The van der Waals surface area contributed by atoms with Gasteiger partial charge in [0.1, 0.15) is 21.9 Å². The fourth-order valence-corrected chi connectivity index (χ4v) is 2.17. The number of carboxylic acid groups (broad SMARTS) is 1. The third-order valence-electron chi connectivity index (χ3n) is 3.07. The molecule has 1 aromatic heterocycles. The van der Waals surface area contributed by atoms with E-state index in [4.69, 9.17) is 16.3 Å². The van der Waals surface area contributed by atoms with Crippen molar-refractivity contribution in [3.8, 4) is 0 Å². The van der Waals surface area contributed by atoms with Crippen LogP contribution < -0.4 is 5.32 Å². The van der Waals surface area contributed by atoms with Crippen LogP contribution in [0.3, 0.4) is 0 Å². The van der Waals surface area contributed by atoms with Crippen LogP contribution in [0.1, 0.15) is 68.0 Å². The van der Waals surface area contributed by atoms with E-state index in [1.165, 1.54) is 6.92 Å². The summed E-state index contributed by atoms with van der Waals surface area (Å²) in [5, 5.41) is 11.8. The summed E-state index contributed by atoms with van der Waals surface area (Å²) in [6.45, 7) is 11.4. The van der Waals surface area contributed by atoms with Crippen LogP contribution in [-0.4, -0.2) is 33.5 Å². The second-order valence-electron chi connectivity index (χ2n) is 7.62. The third kappa shape index (κ3) is 5.16. The molecule has 0 fully saturated rings. The minimum absolute atomic E-state index is 0.0778. The molecule has 1 heterocycles. The van der Waals surface area contributed by atoms with Gasteiger partial charge in [-0.1, -0.05) is 32.4 Å². The van der Waals surface area contributed by atoms with Crippen LogP contribution in [0.25, 0.3) is 0 Å². The molecule has 0 saturated heterocycles. The molecule has 7 nitrogen and oxygen atoms in total. The summed E-state index contributed by atoms with van der Waals surface area (Å²) in [6.07, 6.45) is 0. The van der Waals surface area contributed by atoms with Crippen LogP contribution in [0.4, 0.5) is 5.69 Å². The van der Waals surface area contributed by atoms with Crippen molar-refractivity contribution in [1.29, 1.82) is 0 Å². The number of amides is 1. The monoisotopic (exact) mass is 370 g/mol. The summed E-state index contributed by atoms with van der Waals surface area (Å²) < 4.78 is 5.28. The predicted octanol–water partition coefficient (Wildman–Crippen LogP) is 3.68. The Morgan fingerprint density at radius 3 is 2.00 bits per heavy atom. The Kier molecular flexibility index (Phi) is 5.85. The average Bonchev–Trinajstić information content (AvgIpc) is 2.33. The number of carboxylic acids is 1. The molecule has 0 spiro atoms. The zero-order chi connectivity index (χ0) is 19.7. The number of hydrogen-bond donors (Lipinski definition) is 2. The fourth-order valence-electron chi connectivity index (χ4n) is 1.87. The van der Waals surface area contributed by atoms with Crippen molar-refractivity contribution in [2.24, 2.45) is 5.41 Å². The summed E-state index contributed by atoms with van der Waals surface area (Å²) in [6, 6.07) is 0. The Morgan fingerprint density at radius 1 is 1.08 bits per heavy atom. The number of esters is 1. The van der Waals surface area contributed by atoms with E-state index in [1.807, 2.05) is 0 Å². The molecule has 25 heavy (non-hydrogen) atoms. The van der Waals surface area contributed by atoms with E-state index in [-0.39, 0.29) is 27.7 Å². The van der Waals surface area contributed by atoms with Gasteiger partial charge in [0.15, 0.2) is 0 Å². The lowest BCUT2D eigenvalue weighted by Gasteiger charge is -2.24. The number of aromatic carboxylic acids is 1. The van der Waals surface area contributed by atoms with E-state index in [0.29, 0.717) is 0 Å². The predicted molar refractivity (Wildman–Crippen MR) is 94.2 cm³/mol. The number of carbonyl (C=O) groups excluding carboxylic acids is 2. The van der Waals surface area contributed by atoms with E-state index < -0.39 is 28.9 Å². The van der Waals surface area contributed by atoms with Gasteiger partial charge in [0.2, 0.25) is 5.91 Å². The molecule has 0 unspecified atom stereocenters. The van der Waals surface area contributed by atoms with Gasteiger partial charge in [-0.2, -0.15) is 0 Å². The molecule has 0 bridgehead atoms. The molecule has 0 aliphatic heterocycles. The highest BCUT2D eigenvalue weighted by molar-refractivity contribution is 6.34. The first-order valence-corrected chi connectivity index (χ1v) is 8.01. The molecule has 0 aliphatic carbocycles. The average molecular weight is 371 g/mol. The van der Waals surface area contributed by atoms with Crippen molar-refractivity contribution < 1.29 is 24.2 Å². The molecule has 1 rings (SSSR count). The van der Waals surface area contributed by atoms with Crippen molar-refractivity contribution in [3.63, 3.8) is 0 Å². The van der Waals surface area contributed by atoms with Crippen LogP contribution in [-0.2, 0) is 9.53 Å². The number of pyridine rings is 1. The minimum Gasteiger partial charge on any atom is -0.478 e. The van der Waals surface area contributed by atoms with Gasteiger partial charge < -0.3 is 15.2 Å². The van der Waals surface area contributed by atoms with Gasteiger partial charge >= 0.3 is 11.9 Å². The second kappa shape index (κ2) is 7.00. The lowest BCUT2D eigenvalue weighted by atomic mass is 9.95. The maximum Gasteiger partial charge on any atom is 0.343 e. The first-order valence-electron chi connectivity index (χ1n) is 7.63. The number of rotatable bonds is 3. The number of ether oxygens (including phenoxy) is 1. The summed E-state index contributed by atoms with van der Waals surface area (Å²) >= 11 is 6.08. The molecule has 8 heteroatoms. The Bertz CT molecular complexity index is 730. The van der Waals surface area contributed by atoms with Gasteiger partial charge in [0.25, 0.3) is 0 Å².